The smallest absolute Gasteiger partial charge is 0.330 e. The maximum atomic E-state index is 12.3. The molecule has 0 bridgehead atoms. The van der Waals surface area contributed by atoms with Gasteiger partial charge in [-0.3, -0.25) is 9.79 Å². The maximum Gasteiger partial charge on any atom is 0.330 e. The minimum atomic E-state index is -0.550. The largest absolute Gasteiger partial charge is 0.465 e. The first-order chi connectivity index (χ1) is 15.8. The molecule has 0 saturated carbocycles. The Kier molecular flexibility index (Phi) is 19.2. The SMILES string of the molecule is CCCCCCCCCCCC(=O)OCC(C)(C)/C=N/C(C)C(=O)OCC(CC)CCCC. The molecule has 0 aromatic heterocycles. The molecule has 0 aromatic carbocycles. The quantitative estimate of drug-likeness (QED) is 0.0985. The molecule has 0 aliphatic rings. The number of carbonyl (C=O) groups is 2. The monoisotopic (exact) mass is 467 g/mol. The highest BCUT2D eigenvalue weighted by Crippen LogP contribution is 2.16. The van der Waals surface area contributed by atoms with Crippen LogP contribution in [0.1, 0.15) is 131 Å². The highest BCUT2D eigenvalue weighted by molar-refractivity contribution is 5.78. The molecule has 2 unspecified atom stereocenters. The number of ether oxygens (including phenoxy) is 2. The van der Waals surface area contributed by atoms with E-state index >= 15 is 0 Å². The minimum Gasteiger partial charge on any atom is -0.465 e. The van der Waals surface area contributed by atoms with E-state index in [1.54, 1.807) is 13.1 Å². The van der Waals surface area contributed by atoms with Crippen LogP contribution < -0.4 is 0 Å². The lowest BCUT2D eigenvalue weighted by Gasteiger charge is -2.20. The van der Waals surface area contributed by atoms with Crippen LogP contribution in [0.4, 0.5) is 0 Å². The molecule has 0 aromatic rings. The van der Waals surface area contributed by atoms with Crippen molar-refractivity contribution in [1.82, 2.24) is 0 Å². The number of nitrogens with zero attached hydrogens (tertiary/aromatic N) is 1. The van der Waals surface area contributed by atoms with Crippen molar-refractivity contribution < 1.29 is 19.1 Å². The second-order valence-electron chi connectivity index (χ2n) is 10.2. The van der Waals surface area contributed by atoms with Gasteiger partial charge in [0.15, 0.2) is 0 Å². The number of aliphatic imine (C=N–C) groups is 1. The van der Waals surface area contributed by atoms with Gasteiger partial charge in [-0.2, -0.15) is 0 Å². The lowest BCUT2D eigenvalue weighted by molar-refractivity contribution is -0.147. The lowest BCUT2D eigenvalue weighted by Crippen LogP contribution is -2.26. The summed E-state index contributed by atoms with van der Waals surface area (Å²) in [7, 11) is 0. The van der Waals surface area contributed by atoms with E-state index in [0.717, 1.165) is 38.5 Å². The summed E-state index contributed by atoms with van der Waals surface area (Å²) in [6.45, 7) is 12.9. The van der Waals surface area contributed by atoms with Crippen LogP contribution in [0.2, 0.25) is 0 Å². The van der Waals surface area contributed by atoms with Crippen molar-refractivity contribution in [2.24, 2.45) is 16.3 Å². The van der Waals surface area contributed by atoms with Crippen molar-refractivity contribution in [3.8, 4) is 0 Å². The summed E-state index contributed by atoms with van der Waals surface area (Å²) in [5.41, 5.74) is -0.421. The zero-order valence-electron chi connectivity index (χ0n) is 22.6. The Morgan fingerprint density at radius 3 is 2.00 bits per heavy atom. The van der Waals surface area contributed by atoms with Crippen LogP contribution in [0.15, 0.2) is 4.99 Å². The molecule has 2 atom stereocenters. The molecule has 0 spiro atoms. The van der Waals surface area contributed by atoms with Gasteiger partial charge >= 0.3 is 11.9 Å². The number of carbonyl (C=O) groups excluding carboxylic acids is 2. The molecule has 0 aliphatic carbocycles. The normalized spacial score (nSPS) is 13.8. The number of rotatable bonds is 21. The molecule has 0 aliphatic heterocycles. The highest BCUT2D eigenvalue weighted by atomic mass is 16.5. The van der Waals surface area contributed by atoms with Crippen molar-refractivity contribution in [3.63, 3.8) is 0 Å². The third-order valence-electron chi connectivity index (χ3n) is 6.08. The molecule has 5 nitrogen and oxygen atoms in total. The molecule has 0 heterocycles. The summed E-state index contributed by atoms with van der Waals surface area (Å²) in [5, 5.41) is 0. The Morgan fingerprint density at radius 2 is 1.42 bits per heavy atom. The Labute approximate surface area is 204 Å². The summed E-state index contributed by atoms with van der Waals surface area (Å²) in [6.07, 6.45) is 17.7. The van der Waals surface area contributed by atoms with E-state index < -0.39 is 11.5 Å². The first-order valence-corrected chi connectivity index (χ1v) is 13.6. The average Bonchev–Trinajstić information content (AvgIpc) is 2.80. The number of unbranched alkanes of at least 4 members (excludes halogenated alkanes) is 9. The Morgan fingerprint density at radius 1 is 0.848 bits per heavy atom. The summed E-state index contributed by atoms with van der Waals surface area (Å²) in [6, 6.07) is -0.550. The van der Waals surface area contributed by atoms with E-state index in [1.165, 1.54) is 44.9 Å². The van der Waals surface area contributed by atoms with Crippen LogP contribution in [0.25, 0.3) is 0 Å². The number of hydrogen-bond donors (Lipinski definition) is 0. The molecule has 33 heavy (non-hydrogen) atoms. The van der Waals surface area contributed by atoms with Gasteiger partial charge < -0.3 is 9.47 Å². The summed E-state index contributed by atoms with van der Waals surface area (Å²) >= 11 is 0. The van der Waals surface area contributed by atoms with E-state index in [2.05, 4.69) is 25.8 Å². The van der Waals surface area contributed by atoms with Gasteiger partial charge in [0.2, 0.25) is 0 Å². The van der Waals surface area contributed by atoms with Gasteiger partial charge in [0, 0.05) is 18.1 Å². The van der Waals surface area contributed by atoms with Gasteiger partial charge in [0.05, 0.1) is 6.61 Å². The van der Waals surface area contributed by atoms with Crippen LogP contribution >= 0.6 is 0 Å². The standard InChI is InChI=1S/C28H53NO4/c1-7-10-12-13-14-15-16-17-18-20-26(30)33-23-28(5,6)22-29-24(4)27(31)32-21-25(9-3)19-11-8-2/h22,24-25H,7-21,23H2,1-6H3/b29-22+. The first-order valence-electron chi connectivity index (χ1n) is 13.6. The molecule has 0 saturated heterocycles. The summed E-state index contributed by atoms with van der Waals surface area (Å²) in [4.78, 5) is 28.7. The van der Waals surface area contributed by atoms with Crippen molar-refractivity contribution in [1.29, 1.82) is 0 Å². The lowest BCUT2D eigenvalue weighted by atomic mass is 9.96. The predicted octanol–water partition coefficient (Wildman–Crippen LogP) is 7.70. The van der Waals surface area contributed by atoms with Crippen molar-refractivity contribution in [2.45, 2.75) is 137 Å². The van der Waals surface area contributed by atoms with E-state index in [1.807, 2.05) is 13.8 Å². The van der Waals surface area contributed by atoms with Gasteiger partial charge in [-0.25, -0.2) is 4.79 Å². The molecular formula is C28H53NO4. The van der Waals surface area contributed by atoms with Crippen LogP contribution in [-0.2, 0) is 19.1 Å². The molecule has 0 fully saturated rings. The zero-order chi connectivity index (χ0) is 25.0. The Hall–Kier alpha value is -1.39. The first kappa shape index (κ1) is 31.6. The average molecular weight is 468 g/mol. The third-order valence-corrected chi connectivity index (χ3v) is 6.08. The Bertz CT molecular complexity index is 530. The van der Waals surface area contributed by atoms with Crippen LogP contribution in [-0.4, -0.2) is 37.4 Å². The molecule has 0 radical (unpaired) electrons. The van der Waals surface area contributed by atoms with Crippen LogP contribution in [0.5, 0.6) is 0 Å². The number of hydrogen-bond acceptors (Lipinski definition) is 5. The second kappa shape index (κ2) is 20.0. The Balaban J connectivity index is 4.07. The van der Waals surface area contributed by atoms with Crippen LogP contribution in [0.3, 0.4) is 0 Å². The van der Waals surface area contributed by atoms with Gasteiger partial charge in [-0.05, 0) is 25.7 Å². The summed E-state index contributed by atoms with van der Waals surface area (Å²) < 4.78 is 10.9. The van der Waals surface area contributed by atoms with Crippen molar-refractivity contribution in [3.05, 3.63) is 0 Å². The zero-order valence-corrected chi connectivity index (χ0v) is 22.6. The van der Waals surface area contributed by atoms with Gasteiger partial charge in [0.1, 0.15) is 12.6 Å². The summed E-state index contributed by atoms with van der Waals surface area (Å²) in [5.74, 6) is -0.0179. The van der Waals surface area contributed by atoms with Crippen LogP contribution in [0, 0.1) is 11.3 Å². The maximum absolute atomic E-state index is 12.3. The van der Waals surface area contributed by atoms with E-state index in [9.17, 15) is 9.59 Å². The molecule has 0 amide bonds. The fraction of sp³-hybridized carbons (Fsp3) is 0.893. The fourth-order valence-electron chi connectivity index (χ4n) is 3.55. The predicted molar refractivity (Wildman–Crippen MR) is 139 cm³/mol. The topological polar surface area (TPSA) is 65.0 Å². The van der Waals surface area contributed by atoms with Gasteiger partial charge in [-0.1, -0.05) is 105 Å². The second-order valence-corrected chi connectivity index (χ2v) is 10.2. The minimum absolute atomic E-state index is 0.149. The highest BCUT2D eigenvalue weighted by Gasteiger charge is 2.21. The molecule has 0 N–H and O–H groups in total. The fourth-order valence-corrected chi connectivity index (χ4v) is 3.55. The molecule has 194 valence electrons. The molecule has 0 rings (SSSR count). The van der Waals surface area contributed by atoms with E-state index in [-0.39, 0.29) is 18.5 Å². The molecule has 5 heteroatoms. The van der Waals surface area contributed by atoms with E-state index in [0.29, 0.717) is 18.9 Å². The van der Waals surface area contributed by atoms with Gasteiger partial charge in [-0.15, -0.1) is 0 Å². The van der Waals surface area contributed by atoms with Gasteiger partial charge in [0.25, 0.3) is 0 Å². The molecular weight excluding hydrogens is 414 g/mol. The number of esters is 2. The third kappa shape index (κ3) is 18.7. The van der Waals surface area contributed by atoms with Crippen molar-refractivity contribution in [2.75, 3.05) is 13.2 Å². The van der Waals surface area contributed by atoms with E-state index in [4.69, 9.17) is 9.47 Å². The van der Waals surface area contributed by atoms with Crippen molar-refractivity contribution >= 4 is 18.2 Å².